The fraction of sp³-hybridized carbons (Fsp3) is 0.154. The van der Waals surface area contributed by atoms with Crippen molar-refractivity contribution in [2.75, 3.05) is 25.6 Å². The molecule has 0 saturated heterocycles. The molecule has 7 nitrogen and oxygen atoms in total. The molecular weight excluding hydrogens is 549 g/mol. The van der Waals surface area contributed by atoms with Crippen LogP contribution >= 0.6 is 11.6 Å². The van der Waals surface area contributed by atoms with Crippen LogP contribution in [-0.2, 0) is 10.9 Å². The quantitative estimate of drug-likeness (QED) is 0.158. The number of benzene rings is 3. The van der Waals surface area contributed by atoms with Gasteiger partial charge in [-0.3, -0.25) is 9.59 Å². The van der Waals surface area contributed by atoms with E-state index in [1.165, 1.54) is 31.5 Å². The van der Waals surface area contributed by atoms with E-state index in [9.17, 15) is 27.2 Å². The fourth-order valence-electron chi connectivity index (χ4n) is 3.52. The number of halogens is 6. The Morgan fingerprint density at radius 2 is 1.72 bits per heavy atom. The molecule has 4 rings (SSSR count). The number of rotatable bonds is 8. The molecule has 0 unspecified atom stereocenters. The Hall–Kier alpha value is -4.16. The van der Waals surface area contributed by atoms with Crippen molar-refractivity contribution in [3.63, 3.8) is 0 Å². The molecule has 13 heteroatoms. The van der Waals surface area contributed by atoms with Gasteiger partial charge in [-0.25, -0.2) is 18.7 Å². The summed E-state index contributed by atoms with van der Waals surface area (Å²) in [6, 6.07) is 7.88. The number of hydrogen-bond acceptors (Lipinski definition) is 6. The van der Waals surface area contributed by atoms with E-state index in [4.69, 9.17) is 21.1 Å². The van der Waals surface area contributed by atoms with Gasteiger partial charge in [-0.15, -0.1) is 0 Å². The summed E-state index contributed by atoms with van der Waals surface area (Å²) in [6.07, 6.45) is -3.37. The third-order valence-electron chi connectivity index (χ3n) is 5.42. The lowest BCUT2D eigenvalue weighted by molar-refractivity contribution is -0.137. The number of amides is 1. The highest BCUT2D eigenvalue weighted by molar-refractivity contribution is 6.32. The van der Waals surface area contributed by atoms with E-state index in [2.05, 4.69) is 15.3 Å². The molecule has 0 aliphatic carbocycles. The smallest absolute Gasteiger partial charge is 0.417 e. The molecule has 0 fully saturated rings. The summed E-state index contributed by atoms with van der Waals surface area (Å²) in [4.78, 5) is 34.0. The molecule has 1 N–H and O–H groups in total. The van der Waals surface area contributed by atoms with E-state index in [-0.39, 0.29) is 29.1 Å². The van der Waals surface area contributed by atoms with Crippen molar-refractivity contribution in [3.05, 3.63) is 93.6 Å². The summed E-state index contributed by atoms with van der Waals surface area (Å²) >= 11 is 5.64. The number of fused-ring (bicyclic) bond motifs is 1. The third-order valence-corrected chi connectivity index (χ3v) is 5.74. The average molecular weight is 566 g/mol. The molecule has 0 aliphatic rings. The molecule has 3 aromatic carbocycles. The Kier molecular flexibility index (Phi) is 8.07. The predicted molar refractivity (Wildman–Crippen MR) is 131 cm³/mol. The molecule has 0 radical (unpaired) electrons. The number of ketones is 1. The van der Waals surface area contributed by atoms with Crippen molar-refractivity contribution < 1.29 is 41.0 Å². The number of carbonyl (C=O) groups is 2. The van der Waals surface area contributed by atoms with Crippen LogP contribution in [0.4, 0.5) is 27.6 Å². The summed E-state index contributed by atoms with van der Waals surface area (Å²) in [7, 11) is 1.50. The number of methoxy groups -OCH3 is 1. The van der Waals surface area contributed by atoms with Crippen LogP contribution in [0.25, 0.3) is 11.0 Å². The zero-order valence-corrected chi connectivity index (χ0v) is 20.7. The van der Waals surface area contributed by atoms with Crippen LogP contribution in [0, 0.1) is 11.6 Å². The largest absolute Gasteiger partial charge is 0.474 e. The first kappa shape index (κ1) is 27.9. The molecule has 0 aliphatic heterocycles. The molecule has 1 heterocycles. The summed E-state index contributed by atoms with van der Waals surface area (Å²) in [6.45, 7) is 0.499. The highest BCUT2D eigenvalue weighted by Gasteiger charge is 2.33. The predicted octanol–water partition coefficient (Wildman–Crippen LogP) is 6.09. The summed E-state index contributed by atoms with van der Waals surface area (Å²) < 4.78 is 79.0. The highest BCUT2D eigenvalue weighted by Crippen LogP contribution is 2.35. The van der Waals surface area contributed by atoms with Gasteiger partial charge >= 0.3 is 6.18 Å². The maximum absolute atomic E-state index is 15.3. The van der Waals surface area contributed by atoms with Crippen molar-refractivity contribution in [2.45, 2.75) is 6.18 Å². The van der Waals surface area contributed by atoms with Gasteiger partial charge in [0.05, 0.1) is 45.7 Å². The molecule has 0 atom stereocenters. The van der Waals surface area contributed by atoms with Crippen molar-refractivity contribution in [2.24, 2.45) is 0 Å². The van der Waals surface area contributed by atoms with Crippen LogP contribution < -0.4 is 10.1 Å². The van der Waals surface area contributed by atoms with E-state index < -0.39 is 51.3 Å². The standard InChI is InChI=1S/C26H17ClF5N3O4/c1-38-8-9-39-21-12-33-18-6-3-13(11-20(18)34-21)24(36)22-17(28)5-7-19(23(22)29)35-25(37)14-2-4-15(16(27)10-14)26(30,31)32/h2-7,10-12H,8-9H2,1H3,(H,35,37). The Bertz CT molecular complexity index is 1580. The molecule has 202 valence electrons. The lowest BCUT2D eigenvalue weighted by Gasteiger charge is -2.13. The topological polar surface area (TPSA) is 90.4 Å². The normalized spacial score (nSPS) is 11.5. The van der Waals surface area contributed by atoms with Crippen molar-refractivity contribution in [1.29, 1.82) is 0 Å². The van der Waals surface area contributed by atoms with E-state index in [1.807, 2.05) is 0 Å². The van der Waals surface area contributed by atoms with Gasteiger partial charge in [0, 0.05) is 18.2 Å². The van der Waals surface area contributed by atoms with E-state index in [0.29, 0.717) is 18.2 Å². The van der Waals surface area contributed by atoms with Gasteiger partial charge < -0.3 is 14.8 Å². The van der Waals surface area contributed by atoms with Gasteiger partial charge in [-0.05, 0) is 48.5 Å². The first-order valence-corrected chi connectivity index (χ1v) is 11.5. The molecule has 0 spiro atoms. The molecule has 39 heavy (non-hydrogen) atoms. The molecule has 1 amide bonds. The van der Waals surface area contributed by atoms with Crippen molar-refractivity contribution in [3.8, 4) is 5.88 Å². The van der Waals surface area contributed by atoms with Gasteiger partial charge in [0.25, 0.3) is 5.91 Å². The molecule has 1 aromatic heterocycles. The molecule has 0 bridgehead atoms. The molecule has 4 aromatic rings. The van der Waals surface area contributed by atoms with Crippen molar-refractivity contribution in [1.82, 2.24) is 9.97 Å². The van der Waals surface area contributed by atoms with Crippen LogP contribution in [0.2, 0.25) is 5.02 Å². The zero-order chi connectivity index (χ0) is 28.3. The lowest BCUT2D eigenvalue weighted by Crippen LogP contribution is -2.16. The minimum Gasteiger partial charge on any atom is -0.474 e. The lowest BCUT2D eigenvalue weighted by atomic mass is 10.0. The average Bonchev–Trinajstić information content (AvgIpc) is 2.89. The van der Waals surface area contributed by atoms with Crippen LogP contribution in [0.15, 0.2) is 54.7 Å². The van der Waals surface area contributed by atoms with E-state index in [0.717, 1.165) is 24.3 Å². The summed E-state index contributed by atoms with van der Waals surface area (Å²) in [5.74, 6) is -4.51. The fourth-order valence-corrected chi connectivity index (χ4v) is 3.80. The highest BCUT2D eigenvalue weighted by atomic mass is 35.5. The van der Waals surface area contributed by atoms with Gasteiger partial charge in [0.2, 0.25) is 5.88 Å². The number of carbonyl (C=O) groups excluding carboxylic acids is 2. The third kappa shape index (κ3) is 6.13. The zero-order valence-electron chi connectivity index (χ0n) is 19.9. The number of aromatic nitrogens is 2. The number of hydrogen-bond donors (Lipinski definition) is 1. The SMILES string of the molecule is COCCOc1cnc2ccc(C(=O)c3c(F)ccc(NC(=O)c4ccc(C(F)(F)F)c(Cl)c4)c3F)cc2n1. The van der Waals surface area contributed by atoms with E-state index >= 15 is 4.39 Å². The first-order chi connectivity index (χ1) is 18.5. The Labute approximate surface area is 222 Å². The minimum atomic E-state index is -4.74. The Morgan fingerprint density at radius 1 is 0.974 bits per heavy atom. The second-order valence-electron chi connectivity index (χ2n) is 8.01. The molecular formula is C26H17ClF5N3O4. The summed E-state index contributed by atoms with van der Waals surface area (Å²) in [5, 5.41) is 1.39. The second-order valence-corrected chi connectivity index (χ2v) is 8.42. The maximum Gasteiger partial charge on any atom is 0.417 e. The van der Waals surface area contributed by atoms with Gasteiger partial charge in [-0.1, -0.05) is 11.6 Å². The number of ether oxygens (including phenoxy) is 2. The van der Waals surface area contributed by atoms with Crippen LogP contribution in [0.3, 0.4) is 0 Å². The van der Waals surface area contributed by atoms with Gasteiger partial charge in [-0.2, -0.15) is 13.2 Å². The molecule has 0 saturated carbocycles. The maximum atomic E-state index is 15.3. The first-order valence-electron chi connectivity index (χ1n) is 11.1. The van der Waals surface area contributed by atoms with Crippen LogP contribution in [0.1, 0.15) is 31.8 Å². The number of alkyl halides is 3. The van der Waals surface area contributed by atoms with Gasteiger partial charge in [0.1, 0.15) is 12.4 Å². The second kappa shape index (κ2) is 11.3. The van der Waals surface area contributed by atoms with Crippen molar-refractivity contribution >= 4 is 40.0 Å². The van der Waals surface area contributed by atoms with Crippen LogP contribution in [-0.4, -0.2) is 42.0 Å². The van der Waals surface area contributed by atoms with Crippen LogP contribution in [0.5, 0.6) is 5.88 Å². The Balaban J connectivity index is 1.61. The number of anilines is 1. The minimum absolute atomic E-state index is 0.123. The van der Waals surface area contributed by atoms with Gasteiger partial charge in [0.15, 0.2) is 11.6 Å². The van der Waals surface area contributed by atoms with E-state index in [1.54, 1.807) is 0 Å². The Morgan fingerprint density at radius 3 is 2.41 bits per heavy atom. The monoisotopic (exact) mass is 565 g/mol. The summed E-state index contributed by atoms with van der Waals surface area (Å²) in [5.41, 5.74) is -2.52. The number of nitrogens with zero attached hydrogens (tertiary/aromatic N) is 2. The number of nitrogens with one attached hydrogen (secondary N) is 1.